The van der Waals surface area contributed by atoms with E-state index in [2.05, 4.69) is 17.3 Å². The van der Waals surface area contributed by atoms with Crippen LogP contribution in [0.5, 0.6) is 0 Å². The lowest BCUT2D eigenvalue weighted by molar-refractivity contribution is 0.483. The molecule has 0 unspecified atom stereocenters. The van der Waals surface area contributed by atoms with Crippen molar-refractivity contribution in [1.29, 1.82) is 0 Å². The predicted octanol–water partition coefficient (Wildman–Crippen LogP) is 2.42. The summed E-state index contributed by atoms with van der Waals surface area (Å²) in [7, 11) is 0. The van der Waals surface area contributed by atoms with Gasteiger partial charge in [-0.15, -0.1) is 0 Å². The summed E-state index contributed by atoms with van der Waals surface area (Å²) >= 11 is 0. The van der Waals surface area contributed by atoms with Gasteiger partial charge in [-0.3, -0.25) is 4.68 Å². The van der Waals surface area contributed by atoms with E-state index in [4.69, 9.17) is 4.42 Å². The van der Waals surface area contributed by atoms with E-state index in [1.807, 2.05) is 23.0 Å². The zero-order valence-electron chi connectivity index (χ0n) is 10.0. The number of aromatic nitrogens is 2. The van der Waals surface area contributed by atoms with E-state index >= 15 is 0 Å². The van der Waals surface area contributed by atoms with Crippen molar-refractivity contribution in [1.82, 2.24) is 15.1 Å². The first-order valence-corrected chi connectivity index (χ1v) is 6.20. The number of hydrogen-bond donors (Lipinski definition) is 1. The van der Waals surface area contributed by atoms with Crippen LogP contribution < -0.4 is 5.32 Å². The first-order chi connectivity index (χ1) is 8.38. The van der Waals surface area contributed by atoms with Gasteiger partial charge in [0.2, 0.25) is 0 Å². The number of hydrogen-bond acceptors (Lipinski definition) is 3. The minimum atomic E-state index is 0.698. The van der Waals surface area contributed by atoms with Gasteiger partial charge in [-0.2, -0.15) is 5.10 Å². The number of rotatable bonds is 5. The fourth-order valence-electron chi connectivity index (χ4n) is 2.04. The predicted molar refractivity (Wildman–Crippen MR) is 65.5 cm³/mol. The Labute approximate surface area is 101 Å². The molecule has 2 heterocycles. The third-order valence-electron chi connectivity index (χ3n) is 3.17. The first-order valence-electron chi connectivity index (χ1n) is 6.20. The van der Waals surface area contributed by atoms with Crippen LogP contribution in [0.25, 0.3) is 11.3 Å². The quantitative estimate of drug-likeness (QED) is 0.859. The smallest absolute Gasteiger partial charge is 0.126 e. The van der Waals surface area contributed by atoms with Gasteiger partial charge < -0.3 is 9.73 Å². The second-order valence-electron chi connectivity index (χ2n) is 4.44. The van der Waals surface area contributed by atoms with Crippen molar-refractivity contribution in [3.63, 3.8) is 0 Å². The van der Waals surface area contributed by atoms with E-state index in [9.17, 15) is 0 Å². The lowest BCUT2D eigenvalue weighted by atomic mass is 10.2. The Morgan fingerprint density at radius 1 is 1.47 bits per heavy atom. The molecule has 2 aromatic heterocycles. The van der Waals surface area contributed by atoms with E-state index in [1.165, 1.54) is 12.8 Å². The van der Waals surface area contributed by atoms with Crippen LogP contribution in [-0.4, -0.2) is 15.8 Å². The Morgan fingerprint density at radius 2 is 2.35 bits per heavy atom. The largest absolute Gasteiger partial charge is 0.467 e. The molecule has 3 rings (SSSR count). The third kappa shape index (κ3) is 2.13. The maximum absolute atomic E-state index is 5.56. The number of nitrogens with one attached hydrogen (secondary N) is 1. The van der Waals surface area contributed by atoms with Crippen molar-refractivity contribution >= 4 is 0 Å². The normalized spacial score (nSPS) is 15.4. The molecule has 4 heteroatoms. The lowest BCUT2D eigenvalue weighted by Crippen LogP contribution is -2.15. The highest BCUT2D eigenvalue weighted by molar-refractivity contribution is 5.61. The summed E-state index contributed by atoms with van der Waals surface area (Å²) in [4.78, 5) is 0. The summed E-state index contributed by atoms with van der Waals surface area (Å²) in [5.41, 5.74) is 2.28. The molecule has 0 amide bonds. The van der Waals surface area contributed by atoms with Gasteiger partial charge in [0, 0.05) is 24.3 Å². The van der Waals surface area contributed by atoms with Crippen LogP contribution in [0.4, 0.5) is 0 Å². The van der Waals surface area contributed by atoms with E-state index in [-0.39, 0.29) is 0 Å². The van der Waals surface area contributed by atoms with Gasteiger partial charge in [-0.05, 0) is 31.9 Å². The molecule has 0 spiro atoms. The first kappa shape index (κ1) is 10.6. The molecule has 1 N–H and O–H groups in total. The van der Waals surface area contributed by atoms with Gasteiger partial charge in [0.05, 0.1) is 18.5 Å². The summed E-state index contributed by atoms with van der Waals surface area (Å²) < 4.78 is 7.55. The minimum Gasteiger partial charge on any atom is -0.467 e. The van der Waals surface area contributed by atoms with Crippen molar-refractivity contribution in [3.8, 4) is 11.3 Å². The maximum atomic E-state index is 5.56. The van der Waals surface area contributed by atoms with Gasteiger partial charge >= 0.3 is 0 Å². The van der Waals surface area contributed by atoms with Crippen LogP contribution in [0.2, 0.25) is 0 Å². The van der Waals surface area contributed by atoms with Crippen LogP contribution in [-0.2, 0) is 13.1 Å². The highest BCUT2D eigenvalue weighted by atomic mass is 16.3. The maximum Gasteiger partial charge on any atom is 0.126 e. The molecule has 1 fully saturated rings. The Morgan fingerprint density at radius 3 is 3.12 bits per heavy atom. The van der Waals surface area contributed by atoms with Gasteiger partial charge in [-0.25, -0.2) is 0 Å². The second kappa shape index (κ2) is 4.37. The van der Waals surface area contributed by atoms with E-state index < -0.39 is 0 Å². The van der Waals surface area contributed by atoms with E-state index in [0.717, 1.165) is 30.1 Å². The van der Waals surface area contributed by atoms with Gasteiger partial charge in [0.25, 0.3) is 0 Å². The lowest BCUT2D eigenvalue weighted by Gasteiger charge is -2.06. The molecule has 0 aromatic carbocycles. The standard InChI is InChI=1S/C13H17N3O/c1-2-16-12(5-7-15-16)11-6-8-17-13(11)9-14-10-3-4-10/h5-8,10,14H,2-4,9H2,1H3. The summed E-state index contributed by atoms with van der Waals surface area (Å²) in [6.07, 6.45) is 6.18. The summed E-state index contributed by atoms with van der Waals surface area (Å²) in [5.74, 6) is 1.01. The molecular weight excluding hydrogens is 214 g/mol. The average molecular weight is 231 g/mol. The van der Waals surface area contributed by atoms with Gasteiger partial charge in [0.15, 0.2) is 0 Å². The molecule has 0 aliphatic heterocycles. The Hall–Kier alpha value is -1.55. The number of nitrogens with zero attached hydrogens (tertiary/aromatic N) is 2. The second-order valence-corrected chi connectivity index (χ2v) is 4.44. The molecule has 0 bridgehead atoms. The SMILES string of the molecule is CCn1nccc1-c1ccoc1CNC1CC1. The topological polar surface area (TPSA) is 43.0 Å². The van der Waals surface area contributed by atoms with Crippen molar-refractivity contribution in [2.45, 2.75) is 38.9 Å². The molecule has 0 saturated heterocycles. The highest BCUT2D eigenvalue weighted by Gasteiger charge is 2.21. The fourth-order valence-corrected chi connectivity index (χ4v) is 2.04. The van der Waals surface area contributed by atoms with Gasteiger partial charge in [-0.1, -0.05) is 0 Å². The number of furan rings is 1. The minimum absolute atomic E-state index is 0.698. The number of aryl methyl sites for hydroxylation is 1. The molecule has 1 saturated carbocycles. The van der Waals surface area contributed by atoms with E-state index in [0.29, 0.717) is 6.04 Å². The Kier molecular flexibility index (Phi) is 2.73. The molecule has 1 aliphatic carbocycles. The van der Waals surface area contributed by atoms with Crippen LogP contribution >= 0.6 is 0 Å². The van der Waals surface area contributed by atoms with Crippen molar-refractivity contribution < 1.29 is 4.42 Å². The third-order valence-corrected chi connectivity index (χ3v) is 3.17. The summed E-state index contributed by atoms with van der Waals surface area (Å²) in [6.45, 7) is 3.78. The summed E-state index contributed by atoms with van der Waals surface area (Å²) in [6, 6.07) is 4.76. The monoisotopic (exact) mass is 231 g/mol. The van der Waals surface area contributed by atoms with Crippen molar-refractivity contribution in [3.05, 3.63) is 30.4 Å². The molecule has 90 valence electrons. The molecule has 0 atom stereocenters. The van der Waals surface area contributed by atoms with Crippen molar-refractivity contribution in [2.24, 2.45) is 0 Å². The highest BCUT2D eigenvalue weighted by Crippen LogP contribution is 2.26. The van der Waals surface area contributed by atoms with Crippen LogP contribution in [0.3, 0.4) is 0 Å². The fraction of sp³-hybridized carbons (Fsp3) is 0.462. The van der Waals surface area contributed by atoms with Crippen LogP contribution in [0.1, 0.15) is 25.5 Å². The molecule has 17 heavy (non-hydrogen) atoms. The molecule has 0 radical (unpaired) electrons. The zero-order chi connectivity index (χ0) is 11.7. The van der Waals surface area contributed by atoms with E-state index in [1.54, 1.807) is 6.26 Å². The molecule has 2 aromatic rings. The van der Waals surface area contributed by atoms with Crippen LogP contribution in [0, 0.1) is 0 Å². The van der Waals surface area contributed by atoms with Crippen LogP contribution in [0.15, 0.2) is 29.0 Å². The Balaban J connectivity index is 1.83. The van der Waals surface area contributed by atoms with Crippen molar-refractivity contribution in [2.75, 3.05) is 0 Å². The molecule has 4 nitrogen and oxygen atoms in total. The molecule has 1 aliphatic rings. The zero-order valence-corrected chi connectivity index (χ0v) is 10.0. The molecular formula is C13H17N3O. The summed E-state index contributed by atoms with van der Waals surface area (Å²) in [5, 5.41) is 7.77. The Bertz CT molecular complexity index is 496. The average Bonchev–Trinajstić information content (AvgIpc) is 2.89. The van der Waals surface area contributed by atoms with Gasteiger partial charge in [0.1, 0.15) is 5.76 Å².